The van der Waals surface area contributed by atoms with Gasteiger partial charge in [0.25, 0.3) is 11.8 Å². The molecule has 0 bridgehead atoms. The molecular weight excluding hydrogens is 745 g/mol. The van der Waals surface area contributed by atoms with Crippen molar-refractivity contribution in [2.45, 2.75) is 67.2 Å². The molecule has 8 heteroatoms. The van der Waals surface area contributed by atoms with Gasteiger partial charge in [-0.15, -0.1) is 0 Å². The predicted molar refractivity (Wildman–Crippen MR) is 246 cm³/mol. The fraction of sp³-hybridized carbons (Fsp3) is 0.269. The number of aliphatic hydroxyl groups excluding tert-OH is 1. The van der Waals surface area contributed by atoms with Crippen molar-refractivity contribution < 1.29 is 19.5 Å². The number of carbonyl (C=O) groups is 3. The predicted octanol–water partition coefficient (Wildman–Crippen LogP) is 10.6. The first-order valence-electron chi connectivity index (χ1n) is 21.2. The molecule has 3 aromatic carbocycles. The lowest BCUT2D eigenvalue weighted by Gasteiger charge is -2.29. The third-order valence-corrected chi connectivity index (χ3v) is 11.6. The van der Waals surface area contributed by atoms with Crippen molar-refractivity contribution in [1.82, 2.24) is 9.89 Å². The number of hydrogen-bond acceptors (Lipinski definition) is 5. The number of ketones is 1. The van der Waals surface area contributed by atoms with E-state index in [0.29, 0.717) is 33.7 Å². The molecular formula is C52H55N4O4+. The van der Waals surface area contributed by atoms with Crippen molar-refractivity contribution in [3.63, 3.8) is 0 Å². The van der Waals surface area contributed by atoms with Gasteiger partial charge in [0.2, 0.25) is 22.9 Å². The van der Waals surface area contributed by atoms with Gasteiger partial charge in [0, 0.05) is 89.3 Å². The summed E-state index contributed by atoms with van der Waals surface area (Å²) >= 11 is 0. The maximum atomic E-state index is 14.5. The van der Waals surface area contributed by atoms with Gasteiger partial charge in [-0.1, -0.05) is 112 Å². The Bertz CT molecular complexity index is 2450. The molecule has 2 atom stereocenters. The molecule has 0 fully saturated rings. The Balaban J connectivity index is 1.35. The molecule has 4 aliphatic rings. The number of anilines is 2. The van der Waals surface area contributed by atoms with Crippen LogP contribution in [0.5, 0.6) is 0 Å². The van der Waals surface area contributed by atoms with Crippen molar-refractivity contribution in [2.75, 3.05) is 23.3 Å². The Morgan fingerprint density at radius 2 is 1.28 bits per heavy atom. The van der Waals surface area contributed by atoms with Gasteiger partial charge in [-0.25, -0.2) is 0 Å². The first kappa shape index (κ1) is 41.6. The molecule has 3 N–H and O–H groups in total. The molecule has 2 amide bonds. The van der Waals surface area contributed by atoms with E-state index < -0.39 is 0 Å². The van der Waals surface area contributed by atoms with Crippen LogP contribution in [0.25, 0.3) is 5.57 Å². The molecule has 0 radical (unpaired) electrons. The van der Waals surface area contributed by atoms with E-state index in [1.165, 1.54) is 0 Å². The van der Waals surface area contributed by atoms with Crippen molar-refractivity contribution >= 4 is 51.6 Å². The lowest BCUT2D eigenvalue weighted by atomic mass is 9.78. The molecule has 60 heavy (non-hydrogen) atoms. The van der Waals surface area contributed by atoms with Gasteiger partial charge in [-0.3, -0.25) is 14.4 Å². The number of nitrogens with one attached hydrogen (secondary N) is 2. The number of Topliss-reactive ketones (excluding diaryl/α,β-unsaturated/α-hetero) is 1. The first-order valence-corrected chi connectivity index (χ1v) is 21.2. The summed E-state index contributed by atoms with van der Waals surface area (Å²) in [4.78, 5) is 44.5. The van der Waals surface area contributed by atoms with Crippen LogP contribution in [0, 0.1) is 25.7 Å². The van der Waals surface area contributed by atoms with Gasteiger partial charge in [0.15, 0.2) is 0 Å². The van der Waals surface area contributed by atoms with E-state index in [1.54, 1.807) is 12.2 Å². The molecule has 2 unspecified atom stereocenters. The topological polar surface area (TPSA) is 102 Å². The van der Waals surface area contributed by atoms with E-state index >= 15 is 0 Å². The average Bonchev–Trinajstić information content (AvgIpc) is 3.88. The van der Waals surface area contributed by atoms with Crippen LogP contribution in [0.15, 0.2) is 155 Å². The maximum Gasteiger partial charge on any atom is 0.252 e. The van der Waals surface area contributed by atoms with Gasteiger partial charge in [-0.05, 0) is 51.0 Å². The number of rotatable bonds is 14. The Morgan fingerprint density at radius 3 is 1.78 bits per heavy atom. The highest BCUT2D eigenvalue weighted by Gasteiger charge is 2.40. The highest BCUT2D eigenvalue weighted by molar-refractivity contribution is 6.40. The second-order valence-electron chi connectivity index (χ2n) is 16.1. The maximum absolute atomic E-state index is 14.5. The van der Waals surface area contributed by atoms with Crippen LogP contribution >= 0.6 is 0 Å². The fourth-order valence-corrected chi connectivity index (χ4v) is 7.96. The minimum absolute atomic E-state index is 0.0524. The third-order valence-electron chi connectivity index (χ3n) is 11.6. The van der Waals surface area contributed by atoms with Gasteiger partial charge < -0.3 is 20.6 Å². The zero-order valence-corrected chi connectivity index (χ0v) is 35.5. The second kappa shape index (κ2) is 18.2. The number of hydrogen-bond donors (Lipinski definition) is 3. The highest BCUT2D eigenvalue weighted by atomic mass is 16.3. The van der Waals surface area contributed by atoms with Crippen LogP contribution in [0.1, 0.15) is 70.1 Å². The molecule has 0 aromatic heterocycles. The van der Waals surface area contributed by atoms with E-state index in [1.807, 2.05) is 88.4 Å². The van der Waals surface area contributed by atoms with Crippen LogP contribution in [0.2, 0.25) is 0 Å². The summed E-state index contributed by atoms with van der Waals surface area (Å²) in [6, 6.07) is 22.2. The monoisotopic (exact) mass is 799 g/mol. The summed E-state index contributed by atoms with van der Waals surface area (Å²) in [5.74, 6) is -1.26. The van der Waals surface area contributed by atoms with Gasteiger partial charge in [-0.2, -0.15) is 4.58 Å². The first-order chi connectivity index (χ1) is 29.0. The van der Waals surface area contributed by atoms with Crippen molar-refractivity contribution in [3.05, 3.63) is 172 Å². The van der Waals surface area contributed by atoms with E-state index in [0.717, 1.165) is 72.7 Å². The summed E-state index contributed by atoms with van der Waals surface area (Å²) in [6.45, 7) is 14.1. The summed E-state index contributed by atoms with van der Waals surface area (Å²) < 4.78 is 2.10. The molecule has 0 saturated heterocycles. The molecule has 7 rings (SSSR count). The fourth-order valence-electron chi connectivity index (χ4n) is 7.96. The van der Waals surface area contributed by atoms with Crippen molar-refractivity contribution in [3.8, 4) is 0 Å². The van der Waals surface area contributed by atoms with Crippen LogP contribution in [-0.4, -0.2) is 41.5 Å². The van der Waals surface area contributed by atoms with Gasteiger partial charge >= 0.3 is 0 Å². The van der Waals surface area contributed by atoms with Crippen LogP contribution in [0.4, 0.5) is 22.7 Å². The Morgan fingerprint density at radius 1 is 0.733 bits per heavy atom. The standard InChI is InChI=1S/C52H54N4O4/c1-7-9-29-55(30-10-8-2)39-25-27-43(45(31-39)53-51(59)41-15-11-13-35(41)5)47-49(57)48(50(47)58)44-28-26-40(32-46(44)54-52(60)42-16-12-14-36(42)6)56(37-21-17-33(3)18-22-37)38-23-19-34(4)20-24-38/h11-28,31-32,35-36H,7-10,29-30H2,1-6H3,(H2,53,54,57,58,59,60)/p+1. The van der Waals surface area contributed by atoms with E-state index in [-0.39, 0.29) is 46.3 Å². The van der Waals surface area contributed by atoms with Crippen LogP contribution in [0.3, 0.4) is 0 Å². The SMILES string of the molecule is CCCCN(CCCC)c1ccc(C2=C(O)/C(=C3\C=CC(=[N+](c4ccc(C)cc4)c4ccc(C)cc4)C=C3NC(=O)C3=CC=CC3C)C2=O)c(NC(=O)C2=CC=CC2C)c1. The molecule has 0 heterocycles. The number of benzene rings is 3. The molecule has 306 valence electrons. The highest BCUT2D eigenvalue weighted by Crippen LogP contribution is 2.44. The molecule has 8 nitrogen and oxygen atoms in total. The summed E-state index contributed by atoms with van der Waals surface area (Å²) in [7, 11) is 0. The molecule has 0 saturated carbocycles. The molecule has 0 aliphatic heterocycles. The molecule has 4 aliphatic carbocycles. The smallest absolute Gasteiger partial charge is 0.252 e. The summed E-state index contributed by atoms with van der Waals surface area (Å²) in [5, 5.41) is 18.2. The number of nitrogens with zero attached hydrogens (tertiary/aromatic N) is 2. The van der Waals surface area contributed by atoms with Crippen molar-refractivity contribution in [1.29, 1.82) is 0 Å². The lowest BCUT2D eigenvalue weighted by molar-refractivity contribution is -0.117. The Hall–Kier alpha value is -6.54. The quantitative estimate of drug-likeness (QED) is 0.111. The number of allylic oxidation sites excluding steroid dienone is 11. The van der Waals surface area contributed by atoms with E-state index in [9.17, 15) is 19.5 Å². The van der Waals surface area contributed by atoms with Crippen LogP contribution in [-0.2, 0) is 14.4 Å². The Labute approximate surface area is 354 Å². The number of amides is 2. The number of aliphatic hydroxyl groups is 1. The number of unbranched alkanes of at least 4 members (excludes halogenated alkanes) is 2. The number of aryl methyl sites for hydroxylation is 2. The zero-order valence-electron chi connectivity index (χ0n) is 35.5. The van der Waals surface area contributed by atoms with Crippen molar-refractivity contribution in [2.24, 2.45) is 11.8 Å². The average molecular weight is 800 g/mol. The summed E-state index contributed by atoms with van der Waals surface area (Å²) in [5.41, 5.74) is 8.89. The minimum Gasteiger partial charge on any atom is -0.506 e. The van der Waals surface area contributed by atoms with Gasteiger partial charge in [0.1, 0.15) is 5.76 Å². The zero-order chi connectivity index (χ0) is 42.5. The molecule has 0 spiro atoms. The van der Waals surface area contributed by atoms with E-state index in [2.05, 4.69) is 82.5 Å². The second-order valence-corrected chi connectivity index (χ2v) is 16.1. The largest absolute Gasteiger partial charge is 0.506 e. The Kier molecular flexibility index (Phi) is 12.6. The van der Waals surface area contributed by atoms with Crippen LogP contribution < -0.4 is 20.1 Å². The molecule has 3 aromatic rings. The third kappa shape index (κ3) is 8.60. The van der Waals surface area contributed by atoms with Gasteiger partial charge in [0.05, 0.1) is 22.5 Å². The minimum atomic E-state index is -0.382. The lowest BCUT2D eigenvalue weighted by Crippen LogP contribution is -2.32. The van der Waals surface area contributed by atoms with E-state index in [4.69, 9.17) is 0 Å². The number of carbonyl (C=O) groups excluding carboxylic acids is 3. The summed E-state index contributed by atoms with van der Waals surface area (Å²) in [6.07, 6.45) is 21.0. The normalized spacial score (nSPS) is 19.3.